The van der Waals surface area contributed by atoms with Crippen LogP contribution in [0.15, 0.2) is 35.7 Å². The van der Waals surface area contributed by atoms with Crippen LogP contribution in [0.5, 0.6) is 0 Å². The Kier molecular flexibility index (Phi) is 6.25. The fourth-order valence-electron chi connectivity index (χ4n) is 2.02. The minimum Gasteiger partial charge on any atom is -0.480 e. The van der Waals surface area contributed by atoms with Crippen LogP contribution in [0.2, 0.25) is 0 Å². The molecule has 1 amide bonds. The van der Waals surface area contributed by atoms with Crippen molar-refractivity contribution in [2.75, 3.05) is 26.8 Å². The lowest BCUT2D eigenvalue weighted by Crippen LogP contribution is -2.38. The molecule has 2 rings (SSSR count). The van der Waals surface area contributed by atoms with Gasteiger partial charge in [-0.05, 0) is 0 Å². The number of carboxylic acid groups (broad SMARTS) is 1. The number of methoxy groups -OCH3 is 1. The lowest BCUT2D eigenvalue weighted by atomic mass is 10.2. The third kappa shape index (κ3) is 5.15. The summed E-state index contributed by atoms with van der Waals surface area (Å²) in [5.41, 5.74) is 1.64. The molecule has 0 bridgehead atoms. The van der Waals surface area contributed by atoms with Gasteiger partial charge >= 0.3 is 5.97 Å². The van der Waals surface area contributed by atoms with E-state index in [1.54, 1.807) is 0 Å². The summed E-state index contributed by atoms with van der Waals surface area (Å²) < 4.78 is 4.92. The van der Waals surface area contributed by atoms with Crippen molar-refractivity contribution in [2.45, 2.75) is 6.42 Å². The zero-order valence-corrected chi connectivity index (χ0v) is 13.6. The Morgan fingerprint density at radius 3 is 2.70 bits per heavy atom. The van der Waals surface area contributed by atoms with Gasteiger partial charge in [0.05, 0.1) is 18.7 Å². The molecule has 0 radical (unpaired) electrons. The monoisotopic (exact) mass is 334 g/mol. The number of hydrogen-bond acceptors (Lipinski definition) is 5. The fraction of sp³-hybridized carbons (Fsp3) is 0.312. The standard InChI is InChI=1S/C16H18N2O4S/c1-22-8-7-18(10-15(20)21)14(19)9-13-11-23-16(17-13)12-5-3-2-4-6-12/h2-6,11H,7-10H2,1H3,(H,20,21). The van der Waals surface area contributed by atoms with Crippen molar-refractivity contribution < 1.29 is 19.4 Å². The maximum Gasteiger partial charge on any atom is 0.323 e. The fourth-order valence-corrected chi connectivity index (χ4v) is 2.85. The summed E-state index contributed by atoms with van der Waals surface area (Å²) in [6.07, 6.45) is 0.0837. The number of aliphatic carboxylic acids is 1. The van der Waals surface area contributed by atoms with Gasteiger partial charge in [0.25, 0.3) is 0 Å². The zero-order valence-electron chi connectivity index (χ0n) is 12.8. The zero-order chi connectivity index (χ0) is 16.7. The van der Waals surface area contributed by atoms with Crippen LogP contribution in [-0.2, 0) is 20.7 Å². The molecule has 0 saturated heterocycles. The van der Waals surface area contributed by atoms with Gasteiger partial charge in [0.15, 0.2) is 0 Å². The summed E-state index contributed by atoms with van der Waals surface area (Å²) in [7, 11) is 1.51. The second-order valence-electron chi connectivity index (χ2n) is 4.89. The molecule has 2 aromatic rings. The number of carboxylic acids is 1. The molecule has 0 saturated carbocycles. The predicted octanol–water partition coefficient (Wildman–Crippen LogP) is 1.91. The minimum atomic E-state index is -1.04. The molecule has 0 aliphatic rings. The molecular weight excluding hydrogens is 316 g/mol. The van der Waals surface area contributed by atoms with Gasteiger partial charge in [-0.15, -0.1) is 11.3 Å². The SMILES string of the molecule is COCCN(CC(=O)O)C(=O)Cc1csc(-c2ccccc2)n1. The molecule has 0 fully saturated rings. The first-order valence-corrected chi connectivity index (χ1v) is 7.96. The summed E-state index contributed by atoms with van der Waals surface area (Å²) >= 11 is 1.47. The highest BCUT2D eigenvalue weighted by molar-refractivity contribution is 7.13. The number of nitrogens with zero attached hydrogens (tertiary/aromatic N) is 2. The Balaban J connectivity index is 2.03. The second-order valence-corrected chi connectivity index (χ2v) is 5.75. The smallest absolute Gasteiger partial charge is 0.323 e. The summed E-state index contributed by atoms with van der Waals surface area (Å²) in [6, 6.07) is 9.71. The van der Waals surface area contributed by atoms with Crippen molar-refractivity contribution in [3.05, 3.63) is 41.4 Å². The first-order valence-electron chi connectivity index (χ1n) is 7.08. The maximum absolute atomic E-state index is 12.3. The van der Waals surface area contributed by atoms with Crippen LogP contribution in [0.1, 0.15) is 5.69 Å². The van der Waals surface area contributed by atoms with Crippen LogP contribution in [0.25, 0.3) is 10.6 Å². The molecule has 6 nitrogen and oxygen atoms in total. The van der Waals surface area contributed by atoms with Crippen LogP contribution >= 0.6 is 11.3 Å². The highest BCUT2D eigenvalue weighted by Gasteiger charge is 2.18. The number of hydrogen-bond donors (Lipinski definition) is 1. The van der Waals surface area contributed by atoms with E-state index >= 15 is 0 Å². The number of rotatable bonds is 8. The van der Waals surface area contributed by atoms with Crippen LogP contribution < -0.4 is 0 Å². The van der Waals surface area contributed by atoms with Crippen LogP contribution in [0, 0.1) is 0 Å². The van der Waals surface area contributed by atoms with Gasteiger partial charge in [0.1, 0.15) is 11.6 Å². The van der Waals surface area contributed by atoms with E-state index in [0.29, 0.717) is 12.3 Å². The third-order valence-electron chi connectivity index (χ3n) is 3.15. The molecule has 1 heterocycles. The van der Waals surface area contributed by atoms with Gasteiger partial charge in [-0.1, -0.05) is 30.3 Å². The van der Waals surface area contributed by atoms with Crippen molar-refractivity contribution in [1.82, 2.24) is 9.88 Å². The van der Waals surface area contributed by atoms with Gasteiger partial charge in [-0.25, -0.2) is 4.98 Å². The van der Waals surface area contributed by atoms with Gasteiger partial charge in [-0.3, -0.25) is 9.59 Å². The Bertz CT molecular complexity index is 657. The Hall–Kier alpha value is -2.25. The molecule has 0 spiro atoms. The number of amides is 1. The van der Waals surface area contributed by atoms with Crippen molar-refractivity contribution in [3.8, 4) is 10.6 Å². The highest BCUT2D eigenvalue weighted by Crippen LogP contribution is 2.23. The molecule has 7 heteroatoms. The van der Waals surface area contributed by atoms with Crippen molar-refractivity contribution in [3.63, 3.8) is 0 Å². The number of aromatic nitrogens is 1. The predicted molar refractivity (Wildman–Crippen MR) is 87.3 cm³/mol. The average Bonchev–Trinajstić information content (AvgIpc) is 3.00. The molecule has 23 heavy (non-hydrogen) atoms. The Labute approximate surface area is 138 Å². The first-order chi connectivity index (χ1) is 11.1. The molecule has 0 aliphatic carbocycles. The van der Waals surface area contributed by atoms with E-state index in [4.69, 9.17) is 9.84 Å². The van der Waals surface area contributed by atoms with Gasteiger partial charge in [0, 0.05) is 24.6 Å². The van der Waals surface area contributed by atoms with E-state index in [2.05, 4.69) is 4.98 Å². The number of carbonyl (C=O) groups is 2. The highest BCUT2D eigenvalue weighted by atomic mass is 32.1. The molecule has 0 unspecified atom stereocenters. The average molecular weight is 334 g/mol. The Morgan fingerprint density at radius 1 is 1.30 bits per heavy atom. The molecule has 0 atom stereocenters. The van der Waals surface area contributed by atoms with Crippen molar-refractivity contribution in [1.29, 1.82) is 0 Å². The molecule has 1 aromatic heterocycles. The number of benzene rings is 1. The van der Waals surface area contributed by atoms with Gasteiger partial charge in [0.2, 0.25) is 5.91 Å². The van der Waals surface area contributed by atoms with E-state index in [1.807, 2.05) is 35.7 Å². The van der Waals surface area contributed by atoms with Crippen LogP contribution in [-0.4, -0.2) is 53.7 Å². The summed E-state index contributed by atoms with van der Waals surface area (Å²) in [4.78, 5) is 28.9. The quantitative estimate of drug-likeness (QED) is 0.798. The normalized spacial score (nSPS) is 10.5. The van der Waals surface area contributed by atoms with Gasteiger partial charge < -0.3 is 14.7 Å². The molecule has 122 valence electrons. The second kappa shape index (κ2) is 8.40. The van der Waals surface area contributed by atoms with E-state index in [-0.39, 0.29) is 25.4 Å². The van der Waals surface area contributed by atoms with E-state index < -0.39 is 5.97 Å². The first kappa shape index (κ1) is 17.1. The maximum atomic E-state index is 12.3. The topological polar surface area (TPSA) is 79.7 Å². The lowest BCUT2D eigenvalue weighted by Gasteiger charge is -2.19. The molecule has 0 aliphatic heterocycles. The minimum absolute atomic E-state index is 0.0837. The summed E-state index contributed by atoms with van der Waals surface area (Å²) in [5, 5.41) is 11.6. The lowest BCUT2D eigenvalue weighted by molar-refractivity contribution is -0.144. The Morgan fingerprint density at radius 2 is 2.04 bits per heavy atom. The van der Waals surface area contributed by atoms with E-state index in [1.165, 1.54) is 23.3 Å². The third-order valence-corrected chi connectivity index (χ3v) is 4.09. The van der Waals surface area contributed by atoms with Gasteiger partial charge in [-0.2, -0.15) is 0 Å². The number of thiazole rings is 1. The molecular formula is C16H18N2O4S. The van der Waals surface area contributed by atoms with Crippen LogP contribution in [0.4, 0.5) is 0 Å². The van der Waals surface area contributed by atoms with Crippen molar-refractivity contribution >= 4 is 23.2 Å². The van der Waals surface area contributed by atoms with Crippen LogP contribution in [0.3, 0.4) is 0 Å². The number of ether oxygens (including phenoxy) is 1. The molecule has 1 aromatic carbocycles. The molecule has 1 N–H and O–H groups in total. The summed E-state index contributed by atoms with van der Waals surface area (Å²) in [5.74, 6) is -1.31. The summed E-state index contributed by atoms with van der Waals surface area (Å²) in [6.45, 7) is 0.209. The van der Waals surface area contributed by atoms with E-state index in [9.17, 15) is 9.59 Å². The number of carbonyl (C=O) groups excluding carboxylic acids is 1. The largest absolute Gasteiger partial charge is 0.480 e. The van der Waals surface area contributed by atoms with E-state index in [0.717, 1.165) is 10.6 Å². The van der Waals surface area contributed by atoms with Crippen molar-refractivity contribution in [2.24, 2.45) is 0 Å².